The summed E-state index contributed by atoms with van der Waals surface area (Å²) in [6.07, 6.45) is 0.819. The van der Waals surface area contributed by atoms with E-state index in [1.54, 1.807) is 12.1 Å². The standard InChI is InChI=1S/C21H27FN2O2/c1-15-12-16(2)21(17(3)13-15)23-20(25)14-24(4)10-5-11-26-19-8-6-18(22)7-9-19/h6-9,12-13H,5,10-11,14H2,1-4H3,(H,23,25)/p+1. The molecule has 0 aromatic heterocycles. The third-order valence-electron chi connectivity index (χ3n) is 4.23. The Hall–Kier alpha value is -2.40. The van der Waals surface area contributed by atoms with Gasteiger partial charge in [-0.1, -0.05) is 17.7 Å². The van der Waals surface area contributed by atoms with E-state index in [0.29, 0.717) is 18.9 Å². The number of likely N-dealkylation sites (N-methyl/N-ethyl adjacent to an activating group) is 1. The average molecular weight is 359 g/mol. The minimum absolute atomic E-state index is 0.0111. The van der Waals surface area contributed by atoms with Crippen LogP contribution in [0.1, 0.15) is 23.1 Å². The van der Waals surface area contributed by atoms with Crippen LogP contribution in [0.2, 0.25) is 0 Å². The van der Waals surface area contributed by atoms with Gasteiger partial charge in [0.15, 0.2) is 6.54 Å². The minimum atomic E-state index is -0.272. The maximum atomic E-state index is 12.8. The topological polar surface area (TPSA) is 42.8 Å². The van der Waals surface area contributed by atoms with E-state index < -0.39 is 0 Å². The fraction of sp³-hybridized carbons (Fsp3) is 0.381. The van der Waals surface area contributed by atoms with Gasteiger partial charge in [0.25, 0.3) is 5.91 Å². The molecule has 0 spiro atoms. The van der Waals surface area contributed by atoms with E-state index in [1.165, 1.54) is 17.7 Å². The van der Waals surface area contributed by atoms with Crippen LogP contribution in [-0.2, 0) is 4.79 Å². The number of nitrogens with one attached hydrogen (secondary N) is 2. The molecule has 0 saturated carbocycles. The number of carbonyl (C=O) groups is 1. The number of carbonyl (C=O) groups excluding carboxylic acids is 1. The first-order valence-corrected chi connectivity index (χ1v) is 8.92. The molecule has 1 unspecified atom stereocenters. The maximum Gasteiger partial charge on any atom is 0.279 e. The Bertz CT molecular complexity index is 721. The normalized spacial score (nSPS) is 11.9. The molecule has 2 aromatic carbocycles. The van der Waals surface area contributed by atoms with Crippen LogP contribution in [0, 0.1) is 26.6 Å². The monoisotopic (exact) mass is 359 g/mol. The third-order valence-corrected chi connectivity index (χ3v) is 4.23. The Morgan fingerprint density at radius 3 is 2.35 bits per heavy atom. The molecule has 0 saturated heterocycles. The fourth-order valence-corrected chi connectivity index (χ4v) is 3.02. The van der Waals surface area contributed by atoms with Gasteiger partial charge < -0.3 is 15.0 Å². The average Bonchev–Trinajstić information content (AvgIpc) is 2.56. The molecule has 0 fully saturated rings. The van der Waals surface area contributed by atoms with Gasteiger partial charge in [0.1, 0.15) is 11.6 Å². The first-order chi connectivity index (χ1) is 12.3. The van der Waals surface area contributed by atoms with Gasteiger partial charge in [-0.25, -0.2) is 4.39 Å². The molecule has 0 radical (unpaired) electrons. The van der Waals surface area contributed by atoms with Crippen LogP contribution in [0.3, 0.4) is 0 Å². The van der Waals surface area contributed by atoms with Crippen molar-refractivity contribution in [2.45, 2.75) is 27.2 Å². The number of ether oxygens (including phenoxy) is 1. The molecular formula is C21H28FN2O2+. The van der Waals surface area contributed by atoms with E-state index in [9.17, 15) is 9.18 Å². The zero-order chi connectivity index (χ0) is 19.1. The van der Waals surface area contributed by atoms with Gasteiger partial charge in [-0.05, 0) is 56.2 Å². The van der Waals surface area contributed by atoms with Gasteiger partial charge in [-0.2, -0.15) is 0 Å². The lowest BCUT2D eigenvalue weighted by Crippen LogP contribution is -3.10. The molecular weight excluding hydrogens is 331 g/mol. The van der Waals surface area contributed by atoms with E-state index in [4.69, 9.17) is 4.74 Å². The van der Waals surface area contributed by atoms with Crippen molar-refractivity contribution in [1.82, 2.24) is 0 Å². The van der Waals surface area contributed by atoms with Gasteiger partial charge in [0.2, 0.25) is 0 Å². The van der Waals surface area contributed by atoms with Crippen LogP contribution in [0.15, 0.2) is 36.4 Å². The van der Waals surface area contributed by atoms with Crippen molar-refractivity contribution >= 4 is 11.6 Å². The summed E-state index contributed by atoms with van der Waals surface area (Å²) in [6.45, 7) is 7.85. The molecule has 1 atom stereocenters. The SMILES string of the molecule is Cc1cc(C)c(NC(=O)C[NH+](C)CCCOc2ccc(F)cc2)c(C)c1. The number of amides is 1. The molecule has 0 aliphatic heterocycles. The third kappa shape index (κ3) is 6.15. The summed E-state index contributed by atoms with van der Waals surface area (Å²) >= 11 is 0. The van der Waals surface area contributed by atoms with Gasteiger partial charge in [-0.15, -0.1) is 0 Å². The predicted octanol–water partition coefficient (Wildman–Crippen LogP) is 2.67. The summed E-state index contributed by atoms with van der Waals surface area (Å²) in [5.41, 5.74) is 4.28. The predicted molar refractivity (Wildman–Crippen MR) is 102 cm³/mol. The van der Waals surface area contributed by atoms with Crippen molar-refractivity contribution in [2.24, 2.45) is 0 Å². The molecule has 2 rings (SSSR count). The van der Waals surface area contributed by atoms with Crippen LogP contribution >= 0.6 is 0 Å². The lowest BCUT2D eigenvalue weighted by atomic mass is 10.1. The smallest absolute Gasteiger partial charge is 0.279 e. The maximum absolute atomic E-state index is 12.8. The van der Waals surface area contributed by atoms with Crippen molar-refractivity contribution in [3.8, 4) is 5.75 Å². The lowest BCUT2D eigenvalue weighted by molar-refractivity contribution is -0.871. The van der Waals surface area contributed by atoms with E-state index >= 15 is 0 Å². The molecule has 1 amide bonds. The van der Waals surface area contributed by atoms with Gasteiger partial charge >= 0.3 is 0 Å². The number of anilines is 1. The van der Waals surface area contributed by atoms with Gasteiger partial charge in [0.05, 0.1) is 20.2 Å². The molecule has 2 aromatic rings. The summed E-state index contributed by atoms with van der Waals surface area (Å²) in [5, 5.41) is 3.03. The van der Waals surface area contributed by atoms with E-state index in [2.05, 4.69) is 24.4 Å². The summed E-state index contributed by atoms with van der Waals surface area (Å²) < 4.78 is 18.4. The summed E-state index contributed by atoms with van der Waals surface area (Å²) in [6, 6.07) is 10.1. The number of benzene rings is 2. The highest BCUT2D eigenvalue weighted by Crippen LogP contribution is 2.21. The second kappa shape index (κ2) is 9.34. The molecule has 4 nitrogen and oxygen atoms in total. The molecule has 0 heterocycles. The van der Waals surface area contributed by atoms with E-state index in [1.807, 2.05) is 20.9 Å². The Kier molecular flexibility index (Phi) is 7.16. The highest BCUT2D eigenvalue weighted by Gasteiger charge is 2.13. The number of hydrogen-bond donors (Lipinski definition) is 2. The highest BCUT2D eigenvalue weighted by molar-refractivity contribution is 5.93. The number of aryl methyl sites for hydroxylation is 3. The van der Waals surface area contributed by atoms with E-state index in [-0.39, 0.29) is 11.7 Å². The van der Waals surface area contributed by atoms with Crippen LogP contribution in [-0.4, -0.2) is 32.7 Å². The molecule has 5 heteroatoms. The van der Waals surface area contributed by atoms with Gasteiger partial charge in [0, 0.05) is 12.1 Å². The zero-order valence-electron chi connectivity index (χ0n) is 16.0. The zero-order valence-corrected chi connectivity index (χ0v) is 16.0. The van der Waals surface area contributed by atoms with Crippen LogP contribution in [0.5, 0.6) is 5.75 Å². The summed E-state index contributed by atoms with van der Waals surface area (Å²) in [4.78, 5) is 13.4. The summed E-state index contributed by atoms with van der Waals surface area (Å²) in [5.74, 6) is 0.399. The summed E-state index contributed by atoms with van der Waals surface area (Å²) in [7, 11) is 1.99. The minimum Gasteiger partial charge on any atom is -0.493 e. The second-order valence-electron chi connectivity index (χ2n) is 6.86. The molecule has 0 aliphatic rings. The second-order valence-corrected chi connectivity index (χ2v) is 6.86. The first kappa shape index (κ1) is 19.9. The number of rotatable bonds is 8. The van der Waals surface area contributed by atoms with Crippen molar-refractivity contribution in [2.75, 3.05) is 32.1 Å². The molecule has 0 aliphatic carbocycles. The highest BCUT2D eigenvalue weighted by atomic mass is 19.1. The van der Waals surface area contributed by atoms with Crippen molar-refractivity contribution in [3.63, 3.8) is 0 Å². The van der Waals surface area contributed by atoms with Crippen LogP contribution in [0.4, 0.5) is 10.1 Å². The van der Waals surface area contributed by atoms with E-state index in [0.717, 1.165) is 34.7 Å². The molecule has 26 heavy (non-hydrogen) atoms. The first-order valence-electron chi connectivity index (χ1n) is 8.92. The Morgan fingerprint density at radius 2 is 1.73 bits per heavy atom. The van der Waals surface area contributed by atoms with Crippen LogP contribution < -0.4 is 15.0 Å². The van der Waals surface area contributed by atoms with Crippen molar-refractivity contribution < 1.29 is 18.8 Å². The Balaban J connectivity index is 1.73. The molecule has 0 bridgehead atoms. The number of halogens is 1. The van der Waals surface area contributed by atoms with Crippen molar-refractivity contribution in [1.29, 1.82) is 0 Å². The number of quaternary nitrogens is 1. The van der Waals surface area contributed by atoms with Crippen molar-refractivity contribution in [3.05, 3.63) is 58.9 Å². The van der Waals surface area contributed by atoms with Crippen LogP contribution in [0.25, 0.3) is 0 Å². The molecule has 2 N–H and O–H groups in total. The Labute approximate surface area is 155 Å². The lowest BCUT2D eigenvalue weighted by Gasteiger charge is -2.16. The largest absolute Gasteiger partial charge is 0.493 e. The number of hydrogen-bond acceptors (Lipinski definition) is 2. The Morgan fingerprint density at radius 1 is 1.12 bits per heavy atom. The molecule has 140 valence electrons. The fourth-order valence-electron chi connectivity index (χ4n) is 3.02. The van der Waals surface area contributed by atoms with Gasteiger partial charge in [-0.3, -0.25) is 4.79 Å². The quantitative estimate of drug-likeness (QED) is 0.712.